The molecule has 0 unspecified atom stereocenters. The van der Waals surface area contributed by atoms with Crippen LogP contribution in [0.3, 0.4) is 0 Å². The van der Waals surface area contributed by atoms with Crippen LogP contribution >= 0.6 is 0 Å². The van der Waals surface area contributed by atoms with Gasteiger partial charge in [-0.2, -0.15) is 5.10 Å². The summed E-state index contributed by atoms with van der Waals surface area (Å²) in [5.41, 5.74) is 5.05. The van der Waals surface area contributed by atoms with E-state index in [1.54, 1.807) is 0 Å². The first-order valence-corrected chi connectivity index (χ1v) is 15.1. The second-order valence-electron chi connectivity index (χ2n) is 12.3. The fraction of sp³-hybridized carbons (Fsp3) is 0.562. The number of pyridine rings is 1. The minimum Gasteiger partial charge on any atom is -0.373 e. The highest BCUT2D eigenvalue weighted by Crippen LogP contribution is 2.38. The van der Waals surface area contributed by atoms with Crippen molar-refractivity contribution in [1.82, 2.24) is 24.4 Å². The van der Waals surface area contributed by atoms with Gasteiger partial charge in [-0.3, -0.25) is 9.78 Å². The van der Waals surface area contributed by atoms with Crippen LogP contribution in [0.15, 0.2) is 47.8 Å². The molecule has 2 aliphatic heterocycles. The van der Waals surface area contributed by atoms with Crippen molar-refractivity contribution in [2.24, 2.45) is 16.8 Å². The Labute approximate surface area is 243 Å². The second-order valence-corrected chi connectivity index (χ2v) is 12.3. The summed E-state index contributed by atoms with van der Waals surface area (Å²) in [5, 5.41) is 4.59. The van der Waals surface area contributed by atoms with Crippen molar-refractivity contribution in [2.75, 3.05) is 57.8 Å². The number of amides is 1. The van der Waals surface area contributed by atoms with Gasteiger partial charge in [0.25, 0.3) is 0 Å². The van der Waals surface area contributed by atoms with Crippen molar-refractivity contribution in [3.05, 3.63) is 48.4 Å². The summed E-state index contributed by atoms with van der Waals surface area (Å²) in [6, 6.07) is 9.11. The van der Waals surface area contributed by atoms with Gasteiger partial charge in [0.1, 0.15) is 0 Å². The molecule has 3 fully saturated rings. The van der Waals surface area contributed by atoms with Gasteiger partial charge in [-0.25, -0.2) is 4.52 Å². The van der Waals surface area contributed by atoms with E-state index in [4.69, 9.17) is 9.72 Å². The molecule has 0 bridgehead atoms. The van der Waals surface area contributed by atoms with Crippen molar-refractivity contribution in [3.8, 4) is 11.3 Å². The Kier molecular flexibility index (Phi) is 7.83. The van der Waals surface area contributed by atoms with Crippen molar-refractivity contribution in [3.63, 3.8) is 0 Å². The van der Waals surface area contributed by atoms with Gasteiger partial charge in [0.2, 0.25) is 5.91 Å². The lowest BCUT2D eigenvalue weighted by molar-refractivity contribution is -0.140. The number of rotatable bonds is 8. The third-order valence-electron chi connectivity index (χ3n) is 9.70. The van der Waals surface area contributed by atoms with Gasteiger partial charge in [-0.15, -0.1) is 0 Å². The van der Waals surface area contributed by atoms with Crippen molar-refractivity contribution in [1.29, 1.82) is 0 Å². The number of methoxy groups -OCH3 is 1. The molecule has 2 saturated heterocycles. The van der Waals surface area contributed by atoms with Crippen LogP contribution in [-0.4, -0.2) is 96.0 Å². The topological polar surface area (TPSA) is 78.6 Å². The maximum absolute atomic E-state index is 13.0. The van der Waals surface area contributed by atoms with Crippen LogP contribution < -0.4 is 4.90 Å². The van der Waals surface area contributed by atoms with Crippen LogP contribution in [0.2, 0.25) is 0 Å². The zero-order valence-electron chi connectivity index (χ0n) is 24.7. The molecule has 3 aliphatic rings. The Balaban J connectivity index is 1.13. The number of fused-ring (bicyclic) bond motifs is 1. The third-order valence-corrected chi connectivity index (χ3v) is 9.70. The number of piperidine rings is 1. The van der Waals surface area contributed by atoms with Gasteiger partial charge in [0.15, 0.2) is 0 Å². The molecular weight excluding hydrogens is 514 g/mol. The maximum Gasteiger partial charge on any atom is 0.225 e. The fourth-order valence-electron chi connectivity index (χ4n) is 6.95. The summed E-state index contributed by atoms with van der Waals surface area (Å²) < 4.78 is 8.05. The number of aromatic nitrogens is 3. The number of hydrogen-bond donors (Lipinski definition) is 0. The number of ether oxygens (including phenoxy) is 1. The van der Waals surface area contributed by atoms with Crippen LogP contribution in [0.5, 0.6) is 0 Å². The molecule has 0 spiro atoms. The molecule has 3 aromatic heterocycles. The molecule has 1 aliphatic carbocycles. The van der Waals surface area contributed by atoms with Gasteiger partial charge < -0.3 is 24.4 Å². The number of carbonyl (C=O) groups excluding carboxylic acids is 1. The smallest absolute Gasteiger partial charge is 0.225 e. The van der Waals surface area contributed by atoms with Gasteiger partial charge in [0, 0.05) is 94.6 Å². The highest BCUT2D eigenvalue weighted by molar-refractivity contribution is 5.81. The van der Waals surface area contributed by atoms with Crippen molar-refractivity contribution in [2.45, 2.75) is 51.2 Å². The average Bonchev–Trinajstić information content (AvgIpc) is 3.43. The molecule has 1 saturated carbocycles. The highest BCUT2D eigenvalue weighted by atomic mass is 16.5. The summed E-state index contributed by atoms with van der Waals surface area (Å²) in [6.45, 7) is 14.1. The van der Waals surface area contributed by atoms with E-state index in [1.807, 2.05) is 28.9 Å². The monoisotopic (exact) mass is 557 g/mol. The predicted octanol–water partition coefficient (Wildman–Crippen LogP) is 4.12. The molecule has 6 rings (SSSR count). The van der Waals surface area contributed by atoms with E-state index in [9.17, 15) is 4.79 Å². The minimum absolute atomic E-state index is 0.166. The van der Waals surface area contributed by atoms with E-state index >= 15 is 0 Å². The van der Waals surface area contributed by atoms with Crippen LogP contribution in [0.1, 0.15) is 45.1 Å². The molecule has 0 radical (unpaired) electrons. The van der Waals surface area contributed by atoms with E-state index in [2.05, 4.69) is 70.9 Å². The standard InChI is InChI=1S/C32H43N7O2/c1-23(2)36-11-8-32(41-4,9-12-36)27-5-6-28(34-21-27)26-19-30-29(7-10-35-39(30)22-26)37-13-15-38(16-14-37)31(40)25-17-24(18-25)20-33-3/h5-7,10,19,21-25H,3,8-9,11-18,20H2,1-2,4H3. The Morgan fingerprint density at radius 3 is 2.51 bits per heavy atom. The summed E-state index contributed by atoms with van der Waals surface area (Å²) in [7, 11) is 1.83. The lowest BCUT2D eigenvalue weighted by Gasteiger charge is -2.42. The second kappa shape index (κ2) is 11.5. The molecule has 218 valence electrons. The number of nitrogens with zero attached hydrogens (tertiary/aromatic N) is 7. The molecule has 9 nitrogen and oxygen atoms in total. The summed E-state index contributed by atoms with van der Waals surface area (Å²) in [6.07, 6.45) is 9.75. The first-order chi connectivity index (χ1) is 19.9. The average molecular weight is 558 g/mol. The van der Waals surface area contributed by atoms with Gasteiger partial charge in [-0.05, 0) is 70.4 Å². The maximum atomic E-state index is 13.0. The summed E-state index contributed by atoms with van der Waals surface area (Å²) >= 11 is 0. The number of anilines is 1. The lowest BCUT2D eigenvalue weighted by Crippen LogP contribution is -2.52. The molecule has 5 heterocycles. The zero-order chi connectivity index (χ0) is 28.6. The Hall–Kier alpha value is -3.30. The number of carbonyl (C=O) groups is 1. The SMILES string of the molecule is C=NCC1CC(C(=O)N2CCN(c3ccnn4cc(-c5ccc(C6(OC)CCN(C(C)C)CC6)cn5)cc34)CC2)C1. The van der Waals surface area contributed by atoms with E-state index in [0.29, 0.717) is 17.9 Å². The normalized spacial score (nSPS) is 23.1. The zero-order valence-corrected chi connectivity index (χ0v) is 24.7. The molecule has 0 atom stereocenters. The minimum atomic E-state index is -0.274. The van der Waals surface area contributed by atoms with E-state index in [0.717, 1.165) is 99.5 Å². The molecule has 0 aromatic carbocycles. The first-order valence-electron chi connectivity index (χ1n) is 15.1. The molecule has 41 heavy (non-hydrogen) atoms. The first kappa shape index (κ1) is 27.8. The Morgan fingerprint density at radius 2 is 1.88 bits per heavy atom. The van der Waals surface area contributed by atoms with Crippen LogP contribution in [-0.2, 0) is 15.1 Å². The summed E-state index contributed by atoms with van der Waals surface area (Å²) in [5.74, 6) is 1.01. The van der Waals surface area contributed by atoms with Gasteiger partial charge in [-0.1, -0.05) is 6.07 Å². The number of piperazine rings is 1. The van der Waals surface area contributed by atoms with E-state index in [-0.39, 0.29) is 11.5 Å². The molecular formula is C32H43N7O2. The van der Waals surface area contributed by atoms with Crippen LogP contribution in [0, 0.1) is 11.8 Å². The van der Waals surface area contributed by atoms with Crippen LogP contribution in [0.25, 0.3) is 16.8 Å². The van der Waals surface area contributed by atoms with Gasteiger partial charge in [0.05, 0.1) is 22.5 Å². The van der Waals surface area contributed by atoms with Crippen molar-refractivity contribution < 1.29 is 9.53 Å². The van der Waals surface area contributed by atoms with Gasteiger partial charge >= 0.3 is 0 Å². The number of likely N-dealkylation sites (tertiary alicyclic amines) is 1. The van der Waals surface area contributed by atoms with Crippen molar-refractivity contribution >= 4 is 23.8 Å². The Bertz CT molecular complexity index is 1360. The summed E-state index contributed by atoms with van der Waals surface area (Å²) in [4.78, 5) is 28.8. The lowest BCUT2D eigenvalue weighted by atomic mass is 9.74. The predicted molar refractivity (Wildman–Crippen MR) is 162 cm³/mol. The Morgan fingerprint density at radius 1 is 1.12 bits per heavy atom. The quantitative estimate of drug-likeness (QED) is 0.388. The molecule has 3 aromatic rings. The fourth-order valence-corrected chi connectivity index (χ4v) is 6.95. The van der Waals surface area contributed by atoms with Crippen LogP contribution in [0.4, 0.5) is 5.69 Å². The molecule has 1 amide bonds. The van der Waals surface area contributed by atoms with E-state index < -0.39 is 0 Å². The van der Waals surface area contributed by atoms with E-state index in [1.165, 1.54) is 0 Å². The number of hydrogen-bond acceptors (Lipinski definition) is 7. The largest absolute Gasteiger partial charge is 0.373 e. The number of aliphatic imine (C=N–C) groups is 1. The molecule has 0 N–H and O–H groups in total. The highest BCUT2D eigenvalue weighted by Gasteiger charge is 2.38. The molecule has 9 heteroatoms. The third kappa shape index (κ3) is 5.37.